The molecule has 1 N–H and O–H groups in total. The van der Waals surface area contributed by atoms with Crippen LogP contribution < -0.4 is 5.32 Å². The van der Waals surface area contributed by atoms with Crippen molar-refractivity contribution in [2.75, 3.05) is 18.8 Å². The van der Waals surface area contributed by atoms with Crippen LogP contribution in [0.25, 0.3) is 0 Å². The summed E-state index contributed by atoms with van der Waals surface area (Å²) in [6, 6.07) is 0. The molecule has 0 aromatic rings. The predicted octanol–water partition coefficient (Wildman–Crippen LogP) is 1.45. The van der Waals surface area contributed by atoms with E-state index in [0.717, 1.165) is 13.0 Å². The summed E-state index contributed by atoms with van der Waals surface area (Å²) in [6.45, 7) is 9.15. The molecule has 86 valence electrons. The zero-order valence-corrected chi connectivity index (χ0v) is 10.5. The minimum atomic E-state index is -2.91. The van der Waals surface area contributed by atoms with Crippen LogP contribution in [0, 0.1) is 5.92 Å². The van der Waals surface area contributed by atoms with Crippen molar-refractivity contribution in [3.63, 3.8) is 0 Å². The van der Waals surface area contributed by atoms with Crippen LogP contribution in [-0.4, -0.2) is 32.5 Å². The van der Waals surface area contributed by atoms with Crippen LogP contribution in [0.15, 0.2) is 0 Å². The zero-order valence-electron chi connectivity index (χ0n) is 9.71. The Labute approximate surface area is 88.2 Å². The Hall–Kier alpha value is -0.0900. The molecule has 0 radical (unpaired) electrons. The third-order valence-electron chi connectivity index (χ3n) is 2.51. The van der Waals surface area contributed by atoms with Crippen LogP contribution in [0.5, 0.6) is 0 Å². The van der Waals surface area contributed by atoms with Crippen molar-refractivity contribution in [2.45, 2.75) is 39.4 Å². The fourth-order valence-corrected chi connectivity index (χ4v) is 2.88. The molecular weight excluding hydrogens is 198 g/mol. The SMILES string of the molecule is CCNCC(C)S(=O)(=O)CC(C)CC. The normalized spacial score (nSPS) is 16.6. The molecule has 4 heteroatoms. The number of hydrogen-bond donors (Lipinski definition) is 1. The lowest BCUT2D eigenvalue weighted by Crippen LogP contribution is -2.33. The van der Waals surface area contributed by atoms with Crippen molar-refractivity contribution in [3.8, 4) is 0 Å². The summed E-state index contributed by atoms with van der Waals surface area (Å²) in [5.74, 6) is 0.583. The lowest BCUT2D eigenvalue weighted by atomic mass is 10.2. The highest BCUT2D eigenvalue weighted by molar-refractivity contribution is 7.92. The van der Waals surface area contributed by atoms with E-state index in [0.29, 0.717) is 12.3 Å². The van der Waals surface area contributed by atoms with Crippen LogP contribution in [0.2, 0.25) is 0 Å². The molecule has 0 heterocycles. The van der Waals surface area contributed by atoms with E-state index in [1.807, 2.05) is 20.8 Å². The molecule has 14 heavy (non-hydrogen) atoms. The van der Waals surface area contributed by atoms with Gasteiger partial charge in [0, 0.05) is 6.54 Å². The monoisotopic (exact) mass is 221 g/mol. The van der Waals surface area contributed by atoms with Gasteiger partial charge < -0.3 is 5.32 Å². The number of nitrogens with one attached hydrogen (secondary N) is 1. The minimum absolute atomic E-state index is 0.267. The Morgan fingerprint density at radius 3 is 2.21 bits per heavy atom. The molecule has 0 rings (SSSR count). The summed E-state index contributed by atoms with van der Waals surface area (Å²) in [4.78, 5) is 0. The Morgan fingerprint density at radius 2 is 1.79 bits per heavy atom. The molecular formula is C10H23NO2S. The van der Waals surface area contributed by atoms with Crippen LogP contribution in [0.4, 0.5) is 0 Å². The third kappa shape index (κ3) is 4.96. The Bertz CT molecular complexity index is 237. The van der Waals surface area contributed by atoms with Gasteiger partial charge in [0.15, 0.2) is 9.84 Å². The highest BCUT2D eigenvalue weighted by Crippen LogP contribution is 2.10. The maximum absolute atomic E-state index is 11.8. The van der Waals surface area contributed by atoms with E-state index in [4.69, 9.17) is 0 Å². The highest BCUT2D eigenvalue weighted by Gasteiger charge is 2.22. The second-order valence-electron chi connectivity index (χ2n) is 3.96. The van der Waals surface area contributed by atoms with E-state index in [9.17, 15) is 8.42 Å². The van der Waals surface area contributed by atoms with Gasteiger partial charge in [0.05, 0.1) is 11.0 Å². The van der Waals surface area contributed by atoms with Gasteiger partial charge in [-0.1, -0.05) is 27.2 Å². The molecule has 0 amide bonds. The smallest absolute Gasteiger partial charge is 0.154 e. The number of hydrogen-bond acceptors (Lipinski definition) is 3. The summed E-state index contributed by atoms with van der Waals surface area (Å²) in [7, 11) is -2.91. The van der Waals surface area contributed by atoms with Gasteiger partial charge in [-0.2, -0.15) is 0 Å². The molecule has 0 aliphatic rings. The molecule has 0 saturated heterocycles. The van der Waals surface area contributed by atoms with E-state index >= 15 is 0 Å². The molecule has 0 aromatic carbocycles. The first-order valence-electron chi connectivity index (χ1n) is 5.36. The fraction of sp³-hybridized carbons (Fsp3) is 1.00. The molecule has 2 unspecified atom stereocenters. The number of rotatable bonds is 7. The van der Waals surface area contributed by atoms with Crippen LogP contribution in [-0.2, 0) is 9.84 Å². The average molecular weight is 221 g/mol. The molecule has 0 saturated carbocycles. The first kappa shape index (κ1) is 13.9. The van der Waals surface area contributed by atoms with Crippen molar-refractivity contribution in [3.05, 3.63) is 0 Å². The van der Waals surface area contributed by atoms with Gasteiger partial charge >= 0.3 is 0 Å². The van der Waals surface area contributed by atoms with Gasteiger partial charge in [-0.3, -0.25) is 0 Å². The molecule has 0 spiro atoms. The van der Waals surface area contributed by atoms with Gasteiger partial charge in [-0.05, 0) is 19.4 Å². The van der Waals surface area contributed by atoms with Crippen molar-refractivity contribution >= 4 is 9.84 Å². The first-order valence-corrected chi connectivity index (χ1v) is 7.07. The maximum Gasteiger partial charge on any atom is 0.154 e. The van der Waals surface area contributed by atoms with E-state index in [2.05, 4.69) is 5.32 Å². The maximum atomic E-state index is 11.8. The van der Waals surface area contributed by atoms with E-state index in [-0.39, 0.29) is 11.2 Å². The summed E-state index contributed by atoms with van der Waals surface area (Å²) in [5.41, 5.74) is 0. The molecule has 0 aliphatic carbocycles. The summed E-state index contributed by atoms with van der Waals surface area (Å²) in [6.07, 6.45) is 0.924. The van der Waals surface area contributed by atoms with Gasteiger partial charge in [-0.15, -0.1) is 0 Å². The topological polar surface area (TPSA) is 46.2 Å². The molecule has 3 nitrogen and oxygen atoms in total. The average Bonchev–Trinajstić information content (AvgIpc) is 2.13. The molecule has 0 aromatic heterocycles. The number of sulfone groups is 1. The highest BCUT2D eigenvalue weighted by atomic mass is 32.2. The van der Waals surface area contributed by atoms with E-state index in [1.165, 1.54) is 0 Å². The van der Waals surface area contributed by atoms with Crippen molar-refractivity contribution in [1.82, 2.24) is 5.32 Å². The Kier molecular flexibility index (Phi) is 6.36. The lowest BCUT2D eigenvalue weighted by Gasteiger charge is -2.15. The predicted molar refractivity (Wildman–Crippen MR) is 61.2 cm³/mol. The fourth-order valence-electron chi connectivity index (χ4n) is 1.15. The standard InChI is InChI=1S/C10H23NO2S/c1-5-9(3)8-14(12,13)10(4)7-11-6-2/h9-11H,5-8H2,1-4H3. The van der Waals surface area contributed by atoms with Crippen LogP contribution >= 0.6 is 0 Å². The second kappa shape index (κ2) is 6.40. The van der Waals surface area contributed by atoms with Crippen LogP contribution in [0.1, 0.15) is 34.1 Å². The van der Waals surface area contributed by atoms with Gasteiger partial charge in [-0.25, -0.2) is 8.42 Å². The van der Waals surface area contributed by atoms with E-state index in [1.54, 1.807) is 6.92 Å². The lowest BCUT2D eigenvalue weighted by molar-refractivity contribution is 0.548. The quantitative estimate of drug-likeness (QED) is 0.707. The first-order chi connectivity index (χ1) is 6.44. The van der Waals surface area contributed by atoms with Crippen molar-refractivity contribution < 1.29 is 8.42 Å². The molecule has 0 fully saturated rings. The molecule has 2 atom stereocenters. The van der Waals surface area contributed by atoms with Crippen molar-refractivity contribution in [1.29, 1.82) is 0 Å². The minimum Gasteiger partial charge on any atom is -0.316 e. The van der Waals surface area contributed by atoms with Gasteiger partial charge in [0.2, 0.25) is 0 Å². The second-order valence-corrected chi connectivity index (χ2v) is 6.43. The van der Waals surface area contributed by atoms with Gasteiger partial charge in [0.1, 0.15) is 0 Å². The van der Waals surface area contributed by atoms with E-state index < -0.39 is 9.84 Å². The van der Waals surface area contributed by atoms with Crippen LogP contribution in [0.3, 0.4) is 0 Å². The molecule has 0 aliphatic heterocycles. The molecule has 0 bridgehead atoms. The zero-order chi connectivity index (χ0) is 11.2. The third-order valence-corrected chi connectivity index (χ3v) is 4.94. The summed E-state index contributed by atoms with van der Waals surface area (Å²) < 4.78 is 23.5. The summed E-state index contributed by atoms with van der Waals surface area (Å²) in [5, 5.41) is 2.80. The van der Waals surface area contributed by atoms with Crippen molar-refractivity contribution in [2.24, 2.45) is 5.92 Å². The Balaban J connectivity index is 4.17. The van der Waals surface area contributed by atoms with Gasteiger partial charge in [0.25, 0.3) is 0 Å². The largest absolute Gasteiger partial charge is 0.316 e. The summed E-state index contributed by atoms with van der Waals surface area (Å²) >= 11 is 0. The Morgan fingerprint density at radius 1 is 1.21 bits per heavy atom.